The average Bonchev–Trinajstić information content (AvgIpc) is 2.30. The van der Waals surface area contributed by atoms with Crippen LogP contribution in [0.15, 0.2) is 57.5 Å². The number of nitrogens with one attached hydrogen (secondary N) is 1. The van der Waals surface area contributed by atoms with Gasteiger partial charge in [0.25, 0.3) is 0 Å². The van der Waals surface area contributed by atoms with Gasteiger partial charge in [-0.2, -0.15) is 0 Å². The summed E-state index contributed by atoms with van der Waals surface area (Å²) in [5, 5.41) is 3.35. The lowest BCUT2D eigenvalue weighted by Gasteiger charge is -2.17. The highest BCUT2D eigenvalue weighted by Crippen LogP contribution is 2.26. The van der Waals surface area contributed by atoms with E-state index in [0.717, 1.165) is 8.95 Å². The molecule has 0 aliphatic carbocycles. The van der Waals surface area contributed by atoms with Gasteiger partial charge < -0.3 is 5.32 Å². The molecule has 0 spiro atoms. The number of hydrogen-bond donors (Lipinski definition) is 1. The van der Waals surface area contributed by atoms with Crippen LogP contribution in [0.2, 0.25) is 0 Å². The zero-order chi connectivity index (χ0) is 12.3. The summed E-state index contributed by atoms with van der Waals surface area (Å²) >= 11 is 7.02. The van der Waals surface area contributed by atoms with Crippen molar-refractivity contribution in [1.82, 2.24) is 5.32 Å². The van der Waals surface area contributed by atoms with Gasteiger partial charge in [-0.15, -0.1) is 0 Å². The quantitative estimate of drug-likeness (QED) is 0.854. The molecule has 0 heterocycles. The maximum Gasteiger partial charge on any atom is 0.0575 e. The number of rotatable bonds is 3. The van der Waals surface area contributed by atoms with E-state index >= 15 is 0 Å². The predicted octanol–water partition coefficient (Wildman–Crippen LogP) is 4.52. The van der Waals surface area contributed by atoms with E-state index in [-0.39, 0.29) is 6.04 Å². The highest BCUT2D eigenvalue weighted by atomic mass is 79.9. The minimum Gasteiger partial charge on any atom is -0.309 e. The molecule has 0 atom stereocenters. The molecule has 0 unspecified atom stereocenters. The zero-order valence-corrected chi connectivity index (χ0v) is 12.6. The Morgan fingerprint density at radius 3 is 1.71 bits per heavy atom. The van der Waals surface area contributed by atoms with Crippen molar-refractivity contribution in [3.8, 4) is 0 Å². The van der Waals surface area contributed by atoms with Crippen molar-refractivity contribution >= 4 is 31.9 Å². The average molecular weight is 355 g/mol. The van der Waals surface area contributed by atoms with Crippen LogP contribution in [0.4, 0.5) is 0 Å². The number of hydrogen-bond acceptors (Lipinski definition) is 1. The van der Waals surface area contributed by atoms with Gasteiger partial charge in [0.15, 0.2) is 0 Å². The Labute approximate surface area is 119 Å². The number of halogens is 2. The van der Waals surface area contributed by atoms with Crippen molar-refractivity contribution in [2.24, 2.45) is 0 Å². The van der Waals surface area contributed by atoms with Crippen LogP contribution in [0, 0.1) is 0 Å². The summed E-state index contributed by atoms with van der Waals surface area (Å²) in [6.45, 7) is 0. The van der Waals surface area contributed by atoms with Gasteiger partial charge in [-0.25, -0.2) is 0 Å². The Balaban J connectivity index is 2.40. The van der Waals surface area contributed by atoms with Crippen LogP contribution >= 0.6 is 31.9 Å². The minimum absolute atomic E-state index is 0.213. The van der Waals surface area contributed by atoms with Crippen LogP contribution in [0.3, 0.4) is 0 Å². The number of benzene rings is 2. The summed E-state index contributed by atoms with van der Waals surface area (Å²) in [4.78, 5) is 0. The van der Waals surface area contributed by atoms with Crippen LogP contribution in [0.5, 0.6) is 0 Å². The van der Waals surface area contributed by atoms with Gasteiger partial charge in [0.2, 0.25) is 0 Å². The Morgan fingerprint density at radius 1 is 0.882 bits per heavy atom. The van der Waals surface area contributed by atoms with Gasteiger partial charge >= 0.3 is 0 Å². The normalized spacial score (nSPS) is 10.8. The second kappa shape index (κ2) is 5.80. The third-order valence-electron chi connectivity index (χ3n) is 2.65. The Kier molecular flexibility index (Phi) is 4.37. The summed E-state index contributed by atoms with van der Waals surface area (Å²) in [5.41, 5.74) is 2.50. The molecule has 1 N–H and O–H groups in total. The van der Waals surface area contributed by atoms with E-state index in [2.05, 4.69) is 73.6 Å². The molecule has 0 saturated heterocycles. The fraction of sp³-hybridized carbons (Fsp3) is 0.143. The fourth-order valence-electron chi connectivity index (χ4n) is 1.90. The van der Waals surface area contributed by atoms with E-state index in [1.807, 2.05) is 19.2 Å². The molecule has 0 aliphatic heterocycles. The van der Waals surface area contributed by atoms with Crippen LogP contribution in [-0.2, 0) is 0 Å². The molecule has 2 rings (SSSR count). The molecule has 2 aromatic rings. The second-order valence-corrected chi connectivity index (χ2v) is 5.66. The van der Waals surface area contributed by atoms with E-state index in [0.29, 0.717) is 0 Å². The van der Waals surface area contributed by atoms with Crippen molar-refractivity contribution < 1.29 is 0 Å². The SMILES string of the molecule is CNC(c1cccc(Br)c1)c1cccc(Br)c1. The molecule has 17 heavy (non-hydrogen) atoms. The molecule has 88 valence electrons. The summed E-state index contributed by atoms with van der Waals surface area (Å²) < 4.78 is 2.20. The highest BCUT2D eigenvalue weighted by molar-refractivity contribution is 9.10. The minimum atomic E-state index is 0.213. The third kappa shape index (κ3) is 3.18. The molecule has 0 aliphatic rings. The highest BCUT2D eigenvalue weighted by Gasteiger charge is 2.11. The van der Waals surface area contributed by atoms with E-state index in [9.17, 15) is 0 Å². The lowest BCUT2D eigenvalue weighted by Crippen LogP contribution is -2.17. The topological polar surface area (TPSA) is 12.0 Å². The van der Waals surface area contributed by atoms with Gasteiger partial charge in [-0.3, -0.25) is 0 Å². The summed E-state index contributed by atoms with van der Waals surface area (Å²) in [5.74, 6) is 0. The molecule has 1 nitrogen and oxygen atoms in total. The second-order valence-electron chi connectivity index (χ2n) is 3.83. The summed E-state index contributed by atoms with van der Waals surface area (Å²) in [6.07, 6.45) is 0. The smallest absolute Gasteiger partial charge is 0.0575 e. The third-order valence-corrected chi connectivity index (χ3v) is 3.64. The van der Waals surface area contributed by atoms with Gasteiger partial charge in [-0.05, 0) is 42.4 Å². The molecule has 0 aromatic heterocycles. The first-order valence-corrected chi connectivity index (χ1v) is 6.97. The van der Waals surface area contributed by atoms with Gasteiger partial charge in [0.05, 0.1) is 6.04 Å². The van der Waals surface area contributed by atoms with Crippen LogP contribution < -0.4 is 5.32 Å². The largest absolute Gasteiger partial charge is 0.309 e. The Hall–Kier alpha value is -0.640. The van der Waals surface area contributed by atoms with Crippen molar-refractivity contribution in [3.63, 3.8) is 0 Å². The molecule has 3 heteroatoms. The van der Waals surface area contributed by atoms with E-state index in [1.165, 1.54) is 11.1 Å². The molecule has 0 amide bonds. The van der Waals surface area contributed by atoms with E-state index < -0.39 is 0 Å². The van der Waals surface area contributed by atoms with Gasteiger partial charge in [-0.1, -0.05) is 56.1 Å². The first-order chi connectivity index (χ1) is 8.20. The van der Waals surface area contributed by atoms with E-state index in [4.69, 9.17) is 0 Å². The van der Waals surface area contributed by atoms with Crippen LogP contribution in [0.1, 0.15) is 17.2 Å². The Morgan fingerprint density at radius 2 is 1.35 bits per heavy atom. The molecule has 0 fully saturated rings. The molecular formula is C14H13Br2N. The molecular weight excluding hydrogens is 342 g/mol. The lowest BCUT2D eigenvalue weighted by molar-refractivity contribution is 0.691. The van der Waals surface area contributed by atoms with Gasteiger partial charge in [0.1, 0.15) is 0 Å². The zero-order valence-electron chi connectivity index (χ0n) is 9.45. The Bertz CT molecular complexity index is 466. The van der Waals surface area contributed by atoms with Gasteiger partial charge in [0, 0.05) is 8.95 Å². The van der Waals surface area contributed by atoms with Crippen molar-refractivity contribution in [1.29, 1.82) is 0 Å². The van der Waals surface area contributed by atoms with Crippen molar-refractivity contribution in [3.05, 3.63) is 68.6 Å². The van der Waals surface area contributed by atoms with Crippen LogP contribution in [0.25, 0.3) is 0 Å². The summed E-state index contributed by atoms with van der Waals surface area (Å²) in [7, 11) is 1.98. The summed E-state index contributed by atoms with van der Waals surface area (Å²) in [6, 6.07) is 17.0. The molecule has 0 saturated carbocycles. The standard InChI is InChI=1S/C14H13Br2N/c1-17-14(10-4-2-6-12(15)8-10)11-5-3-7-13(16)9-11/h2-9,14,17H,1H3. The molecule has 2 aromatic carbocycles. The first kappa shape index (κ1) is 12.8. The maximum atomic E-state index is 3.51. The fourth-order valence-corrected chi connectivity index (χ4v) is 2.73. The van der Waals surface area contributed by atoms with Crippen molar-refractivity contribution in [2.75, 3.05) is 7.05 Å². The van der Waals surface area contributed by atoms with Crippen LogP contribution in [-0.4, -0.2) is 7.05 Å². The molecule has 0 bridgehead atoms. The van der Waals surface area contributed by atoms with Crippen molar-refractivity contribution in [2.45, 2.75) is 6.04 Å². The molecule has 0 radical (unpaired) electrons. The predicted molar refractivity (Wildman–Crippen MR) is 79.2 cm³/mol. The van der Waals surface area contributed by atoms with E-state index in [1.54, 1.807) is 0 Å². The monoisotopic (exact) mass is 353 g/mol. The maximum absolute atomic E-state index is 3.51. The first-order valence-electron chi connectivity index (χ1n) is 5.39. The lowest BCUT2D eigenvalue weighted by atomic mass is 9.99.